The van der Waals surface area contributed by atoms with E-state index in [-0.39, 0.29) is 17.9 Å². The van der Waals surface area contributed by atoms with Crippen molar-refractivity contribution < 1.29 is 13.6 Å². The van der Waals surface area contributed by atoms with Gasteiger partial charge in [0.05, 0.1) is 10.6 Å². The highest BCUT2D eigenvalue weighted by Gasteiger charge is 2.29. The van der Waals surface area contributed by atoms with Gasteiger partial charge in [0.25, 0.3) is 5.91 Å². The summed E-state index contributed by atoms with van der Waals surface area (Å²) in [4.78, 5) is 12.5. The summed E-state index contributed by atoms with van der Waals surface area (Å²) in [5, 5.41) is 6.55. The number of carbonyl (C=O) groups excluding carboxylic acids is 1. The van der Waals surface area contributed by atoms with Gasteiger partial charge >= 0.3 is 0 Å². The third-order valence-corrected chi connectivity index (χ3v) is 4.62. The summed E-state index contributed by atoms with van der Waals surface area (Å²) in [6.45, 7) is 1.31. The molecule has 2 atom stereocenters. The molecule has 0 radical (unpaired) electrons. The smallest absolute Gasteiger partial charge is 0.253 e. The molecule has 1 fully saturated rings. The predicted molar refractivity (Wildman–Crippen MR) is 89.3 cm³/mol. The monoisotopic (exact) mass is 350 g/mol. The number of halogens is 3. The lowest BCUT2D eigenvalue weighted by Gasteiger charge is -2.33. The fourth-order valence-electron chi connectivity index (χ4n) is 3.04. The maximum Gasteiger partial charge on any atom is 0.253 e. The molecule has 6 heteroatoms. The van der Waals surface area contributed by atoms with Crippen LogP contribution in [0.1, 0.15) is 28.3 Å². The molecule has 0 bridgehead atoms. The lowest BCUT2D eigenvalue weighted by Crippen LogP contribution is -2.50. The molecular formula is C18H17ClF2N2O. The summed E-state index contributed by atoms with van der Waals surface area (Å²) < 4.78 is 26.7. The Bertz CT molecular complexity index is 754. The van der Waals surface area contributed by atoms with Crippen molar-refractivity contribution in [3.05, 3.63) is 70.2 Å². The van der Waals surface area contributed by atoms with E-state index in [0.29, 0.717) is 22.7 Å². The molecule has 2 N–H and O–H groups in total. The van der Waals surface area contributed by atoms with Gasteiger partial charge < -0.3 is 10.6 Å². The Kier molecular flexibility index (Phi) is 5.11. The van der Waals surface area contributed by atoms with Crippen LogP contribution >= 0.6 is 11.6 Å². The number of carbonyl (C=O) groups is 1. The summed E-state index contributed by atoms with van der Waals surface area (Å²) >= 11 is 6.06. The van der Waals surface area contributed by atoms with Crippen molar-refractivity contribution in [3.8, 4) is 0 Å². The van der Waals surface area contributed by atoms with Gasteiger partial charge in [-0.15, -0.1) is 0 Å². The first-order valence-electron chi connectivity index (χ1n) is 7.77. The molecule has 24 heavy (non-hydrogen) atoms. The molecule has 2 aromatic carbocycles. The number of amides is 1. The first-order chi connectivity index (χ1) is 11.6. The van der Waals surface area contributed by atoms with Crippen molar-refractivity contribution in [2.24, 2.45) is 0 Å². The van der Waals surface area contributed by atoms with Crippen molar-refractivity contribution in [1.82, 2.24) is 10.6 Å². The van der Waals surface area contributed by atoms with Crippen LogP contribution in [0.4, 0.5) is 8.78 Å². The predicted octanol–water partition coefficient (Wildman–Crippen LogP) is 3.49. The van der Waals surface area contributed by atoms with Crippen molar-refractivity contribution in [2.75, 3.05) is 13.1 Å². The summed E-state index contributed by atoms with van der Waals surface area (Å²) in [6, 6.07) is 10.5. The van der Waals surface area contributed by atoms with E-state index >= 15 is 0 Å². The zero-order valence-electron chi connectivity index (χ0n) is 12.9. The normalized spacial score (nSPS) is 20.6. The molecular weight excluding hydrogens is 334 g/mol. The number of benzene rings is 2. The van der Waals surface area contributed by atoms with E-state index in [1.807, 2.05) is 0 Å². The minimum absolute atomic E-state index is 0.0900. The molecule has 1 heterocycles. The molecule has 1 aliphatic heterocycles. The standard InChI is InChI=1S/C18H17ClF2N2O/c19-14-4-2-1-3-13(14)18(24)23-17-10-22-8-7-12(17)11-5-6-15(20)16(21)9-11/h1-6,9,12,17,22H,7-8,10H2,(H,23,24). The van der Waals surface area contributed by atoms with Crippen LogP contribution in [0, 0.1) is 11.6 Å². The topological polar surface area (TPSA) is 41.1 Å². The average Bonchev–Trinajstić information content (AvgIpc) is 2.58. The second-order valence-corrected chi connectivity index (χ2v) is 6.24. The SMILES string of the molecule is O=C(NC1CNCCC1c1ccc(F)c(F)c1)c1ccccc1Cl. The molecule has 1 saturated heterocycles. The van der Waals surface area contributed by atoms with Gasteiger partial charge in [-0.25, -0.2) is 8.78 Å². The first-order valence-corrected chi connectivity index (χ1v) is 8.15. The van der Waals surface area contributed by atoms with Crippen molar-refractivity contribution in [2.45, 2.75) is 18.4 Å². The van der Waals surface area contributed by atoms with Crippen LogP contribution in [-0.2, 0) is 0 Å². The van der Waals surface area contributed by atoms with E-state index in [4.69, 9.17) is 11.6 Å². The van der Waals surface area contributed by atoms with Crippen LogP contribution in [0.3, 0.4) is 0 Å². The molecule has 2 aromatic rings. The molecule has 3 rings (SSSR count). The number of rotatable bonds is 3. The van der Waals surface area contributed by atoms with E-state index in [1.165, 1.54) is 6.07 Å². The molecule has 0 spiro atoms. The highest BCUT2D eigenvalue weighted by Crippen LogP contribution is 2.27. The van der Waals surface area contributed by atoms with Crippen LogP contribution in [0.25, 0.3) is 0 Å². The highest BCUT2D eigenvalue weighted by molar-refractivity contribution is 6.33. The van der Waals surface area contributed by atoms with Crippen LogP contribution in [0.5, 0.6) is 0 Å². The fourth-order valence-corrected chi connectivity index (χ4v) is 3.27. The highest BCUT2D eigenvalue weighted by atomic mass is 35.5. The second-order valence-electron chi connectivity index (χ2n) is 5.83. The molecule has 0 aromatic heterocycles. The summed E-state index contributed by atoms with van der Waals surface area (Å²) in [5.41, 5.74) is 1.08. The molecule has 0 saturated carbocycles. The van der Waals surface area contributed by atoms with Crippen LogP contribution in [-0.4, -0.2) is 25.0 Å². The molecule has 126 valence electrons. The zero-order valence-corrected chi connectivity index (χ0v) is 13.6. The Hall–Kier alpha value is -1.98. The van der Waals surface area contributed by atoms with Gasteiger partial charge in [-0.3, -0.25) is 4.79 Å². The van der Waals surface area contributed by atoms with E-state index in [0.717, 1.165) is 19.0 Å². The largest absolute Gasteiger partial charge is 0.347 e. The van der Waals surface area contributed by atoms with E-state index in [2.05, 4.69) is 10.6 Å². The molecule has 0 aliphatic carbocycles. The average molecular weight is 351 g/mol. The van der Waals surface area contributed by atoms with Gasteiger partial charge in [-0.2, -0.15) is 0 Å². The third-order valence-electron chi connectivity index (χ3n) is 4.29. The summed E-state index contributed by atoms with van der Waals surface area (Å²) in [7, 11) is 0. The minimum atomic E-state index is -0.873. The first kappa shape index (κ1) is 16.9. The lowest BCUT2D eigenvalue weighted by molar-refractivity contribution is 0.0924. The summed E-state index contributed by atoms with van der Waals surface area (Å²) in [5.74, 6) is -2.11. The number of nitrogens with one attached hydrogen (secondary N) is 2. The number of piperidine rings is 1. The second kappa shape index (κ2) is 7.28. The number of hydrogen-bond donors (Lipinski definition) is 2. The van der Waals surface area contributed by atoms with E-state index in [9.17, 15) is 13.6 Å². The maximum atomic E-state index is 13.5. The van der Waals surface area contributed by atoms with E-state index < -0.39 is 11.6 Å². The van der Waals surface area contributed by atoms with Gasteiger partial charge in [0.2, 0.25) is 0 Å². The minimum Gasteiger partial charge on any atom is -0.347 e. The lowest BCUT2D eigenvalue weighted by atomic mass is 9.85. The summed E-state index contributed by atoms with van der Waals surface area (Å²) in [6.07, 6.45) is 0.721. The van der Waals surface area contributed by atoms with E-state index in [1.54, 1.807) is 30.3 Å². The van der Waals surface area contributed by atoms with Crippen molar-refractivity contribution in [3.63, 3.8) is 0 Å². The zero-order chi connectivity index (χ0) is 17.1. The van der Waals surface area contributed by atoms with Gasteiger partial charge in [-0.05, 0) is 42.8 Å². The third kappa shape index (κ3) is 3.57. The fraction of sp³-hybridized carbons (Fsp3) is 0.278. The Balaban J connectivity index is 1.81. The van der Waals surface area contributed by atoms with Crippen molar-refractivity contribution in [1.29, 1.82) is 0 Å². The number of hydrogen-bond acceptors (Lipinski definition) is 2. The Morgan fingerprint density at radius 1 is 1.17 bits per heavy atom. The van der Waals surface area contributed by atoms with Gasteiger partial charge in [-0.1, -0.05) is 29.8 Å². The van der Waals surface area contributed by atoms with Crippen LogP contribution < -0.4 is 10.6 Å². The van der Waals surface area contributed by atoms with Crippen LogP contribution in [0.15, 0.2) is 42.5 Å². The van der Waals surface area contributed by atoms with Crippen LogP contribution in [0.2, 0.25) is 5.02 Å². The van der Waals surface area contributed by atoms with Gasteiger partial charge in [0.15, 0.2) is 11.6 Å². The quantitative estimate of drug-likeness (QED) is 0.889. The Morgan fingerprint density at radius 2 is 1.96 bits per heavy atom. The van der Waals surface area contributed by atoms with Gasteiger partial charge in [0, 0.05) is 18.5 Å². The van der Waals surface area contributed by atoms with Crippen molar-refractivity contribution >= 4 is 17.5 Å². The Morgan fingerprint density at radius 3 is 2.71 bits per heavy atom. The molecule has 1 amide bonds. The Labute approximate surface area is 144 Å². The molecule has 2 unspecified atom stereocenters. The maximum absolute atomic E-state index is 13.5. The van der Waals surface area contributed by atoms with Gasteiger partial charge in [0.1, 0.15) is 0 Å². The molecule has 1 aliphatic rings. The molecule has 3 nitrogen and oxygen atoms in total.